The maximum Gasteiger partial charge on any atom is 0.356 e. The first kappa shape index (κ1) is 12.6. The van der Waals surface area contributed by atoms with Gasteiger partial charge in [-0.25, -0.2) is 4.79 Å². The van der Waals surface area contributed by atoms with Crippen molar-refractivity contribution in [2.45, 2.75) is 4.90 Å². The molecule has 0 radical (unpaired) electrons. The second-order valence-electron chi connectivity index (χ2n) is 3.87. The Hall–Kier alpha value is -1.44. The zero-order chi connectivity index (χ0) is 13.6. The molecule has 1 aliphatic heterocycles. The smallest absolute Gasteiger partial charge is 0.356 e. The number of hydrogen-bond donors (Lipinski definition) is 2. The van der Waals surface area contributed by atoms with Gasteiger partial charge in [0.05, 0.1) is 9.77 Å². The minimum absolute atomic E-state index is 0.0721. The number of aliphatic carboxylic acids is 1. The van der Waals surface area contributed by atoms with Crippen LogP contribution in [0.3, 0.4) is 0 Å². The number of nitrogens with zero attached hydrogens (tertiary/aromatic N) is 1. The Morgan fingerprint density at radius 2 is 2.16 bits per heavy atom. The molecule has 4 nitrogen and oxygen atoms in total. The molecule has 0 bridgehead atoms. The van der Waals surface area contributed by atoms with Crippen LogP contribution in [0.4, 0.5) is 0 Å². The van der Waals surface area contributed by atoms with Gasteiger partial charge in [-0.05, 0) is 29.5 Å². The van der Waals surface area contributed by atoms with Crippen molar-refractivity contribution in [1.82, 2.24) is 4.31 Å². The first-order chi connectivity index (χ1) is 9.08. The molecule has 7 heteroatoms. The zero-order valence-corrected chi connectivity index (χ0v) is 12.2. The van der Waals surface area contributed by atoms with Gasteiger partial charge in [-0.1, -0.05) is 6.07 Å². The third kappa shape index (κ3) is 2.03. The summed E-state index contributed by atoms with van der Waals surface area (Å²) >= 11 is 4.36. The molecule has 0 saturated carbocycles. The Bertz CT molecular complexity index is 672. The molecule has 19 heavy (non-hydrogen) atoms. The number of aliphatic hydroxyl groups excluding tert-OH is 1. The molecular weight excluding hydrogens is 302 g/mol. The standard InChI is InChI=1S/C12H9NO3S3/c1-13-9(12(15)16)10(14)11-8(19-13)5-7(18-11)6-3-2-4-17-6/h2-5,14H,1H3,(H,15,16). The number of thiophene rings is 2. The van der Waals surface area contributed by atoms with Crippen LogP contribution in [-0.4, -0.2) is 27.5 Å². The van der Waals surface area contributed by atoms with Gasteiger partial charge in [0.1, 0.15) is 0 Å². The topological polar surface area (TPSA) is 60.8 Å². The van der Waals surface area contributed by atoms with E-state index in [9.17, 15) is 9.90 Å². The molecule has 0 aliphatic carbocycles. The lowest BCUT2D eigenvalue weighted by Crippen LogP contribution is -2.21. The number of rotatable bonds is 2. The molecule has 1 aliphatic rings. The highest BCUT2D eigenvalue weighted by molar-refractivity contribution is 7.97. The van der Waals surface area contributed by atoms with Crippen LogP contribution in [0.2, 0.25) is 0 Å². The van der Waals surface area contributed by atoms with Crippen molar-refractivity contribution in [1.29, 1.82) is 0 Å². The van der Waals surface area contributed by atoms with Crippen molar-refractivity contribution in [2.24, 2.45) is 0 Å². The second-order valence-corrected chi connectivity index (χ2v) is 7.04. The van der Waals surface area contributed by atoms with Crippen molar-refractivity contribution in [2.75, 3.05) is 7.05 Å². The van der Waals surface area contributed by atoms with Crippen molar-refractivity contribution < 1.29 is 15.0 Å². The van der Waals surface area contributed by atoms with Gasteiger partial charge in [0.15, 0.2) is 11.5 Å². The molecule has 2 aromatic heterocycles. The largest absolute Gasteiger partial charge is 0.504 e. The second kappa shape index (κ2) is 4.59. The number of likely N-dealkylation sites (N-methyl/N-ethyl adjacent to an activating group) is 1. The Balaban J connectivity index is 2.13. The van der Waals surface area contributed by atoms with Gasteiger partial charge in [-0.15, -0.1) is 22.7 Å². The summed E-state index contributed by atoms with van der Waals surface area (Å²) in [7, 11) is 1.63. The summed E-state index contributed by atoms with van der Waals surface area (Å²) in [4.78, 5) is 14.8. The van der Waals surface area contributed by atoms with Crippen LogP contribution < -0.4 is 0 Å². The molecule has 2 aromatic rings. The molecule has 98 valence electrons. The number of aliphatic hydroxyl groups is 1. The van der Waals surface area contributed by atoms with E-state index in [0.29, 0.717) is 4.88 Å². The average Bonchev–Trinajstić information content (AvgIpc) is 2.94. The van der Waals surface area contributed by atoms with Gasteiger partial charge in [0, 0.05) is 16.8 Å². The van der Waals surface area contributed by atoms with E-state index in [1.54, 1.807) is 18.4 Å². The van der Waals surface area contributed by atoms with E-state index >= 15 is 0 Å². The van der Waals surface area contributed by atoms with Gasteiger partial charge in [-0.2, -0.15) is 0 Å². The molecule has 2 N–H and O–H groups in total. The molecule has 0 aromatic carbocycles. The Labute approximate surface area is 121 Å². The summed E-state index contributed by atoms with van der Waals surface area (Å²) < 4.78 is 1.48. The summed E-state index contributed by atoms with van der Waals surface area (Å²) in [6, 6.07) is 5.97. The van der Waals surface area contributed by atoms with Crippen LogP contribution >= 0.6 is 34.6 Å². The lowest BCUT2D eigenvalue weighted by molar-refractivity contribution is -0.133. The number of carboxylic acids is 1. The lowest BCUT2D eigenvalue weighted by atomic mass is 10.3. The summed E-state index contributed by atoms with van der Waals surface area (Å²) in [6.07, 6.45) is 0. The number of fused-ring (bicyclic) bond motifs is 1. The number of carboxylic acid groups (broad SMARTS) is 1. The van der Waals surface area contributed by atoms with Crippen LogP contribution in [0, 0.1) is 0 Å². The number of carbonyl (C=O) groups is 1. The highest BCUT2D eigenvalue weighted by Crippen LogP contribution is 2.46. The van der Waals surface area contributed by atoms with E-state index in [0.717, 1.165) is 14.6 Å². The molecule has 3 rings (SSSR count). The van der Waals surface area contributed by atoms with Crippen LogP contribution in [0.5, 0.6) is 0 Å². The molecule has 0 amide bonds. The Morgan fingerprint density at radius 3 is 2.79 bits per heavy atom. The van der Waals surface area contributed by atoms with E-state index in [2.05, 4.69) is 0 Å². The van der Waals surface area contributed by atoms with Crippen molar-refractivity contribution >= 4 is 46.3 Å². The molecule has 0 fully saturated rings. The van der Waals surface area contributed by atoms with Crippen LogP contribution in [0.15, 0.2) is 34.2 Å². The van der Waals surface area contributed by atoms with E-state index in [4.69, 9.17) is 5.11 Å². The van der Waals surface area contributed by atoms with E-state index < -0.39 is 5.97 Å². The number of hydrogen-bond acceptors (Lipinski definition) is 6. The minimum atomic E-state index is -1.12. The fourth-order valence-corrected chi connectivity index (χ4v) is 4.87. The van der Waals surface area contributed by atoms with Crippen molar-refractivity contribution in [3.63, 3.8) is 0 Å². The zero-order valence-electron chi connectivity index (χ0n) is 9.78. The van der Waals surface area contributed by atoms with Gasteiger partial charge < -0.3 is 14.5 Å². The first-order valence-corrected chi connectivity index (χ1v) is 7.81. The quantitative estimate of drug-likeness (QED) is 0.827. The van der Waals surface area contributed by atoms with Crippen LogP contribution in [0.25, 0.3) is 15.5 Å². The fourth-order valence-electron chi connectivity index (χ4n) is 1.83. The maximum absolute atomic E-state index is 11.2. The molecule has 0 unspecified atom stereocenters. The maximum atomic E-state index is 11.2. The summed E-state index contributed by atoms with van der Waals surface area (Å²) in [5, 5.41) is 21.3. The third-order valence-electron chi connectivity index (χ3n) is 2.65. The van der Waals surface area contributed by atoms with Gasteiger partial charge in [-0.3, -0.25) is 0 Å². The Morgan fingerprint density at radius 1 is 1.37 bits per heavy atom. The van der Waals surface area contributed by atoms with Gasteiger partial charge in [0.25, 0.3) is 0 Å². The van der Waals surface area contributed by atoms with Crippen molar-refractivity contribution in [3.8, 4) is 9.75 Å². The highest BCUT2D eigenvalue weighted by atomic mass is 32.2. The SMILES string of the molecule is CN1Sc2cc(-c3cccs3)sc2C(O)=C1C(=O)O. The molecule has 0 saturated heterocycles. The lowest BCUT2D eigenvalue weighted by Gasteiger charge is -2.23. The van der Waals surface area contributed by atoms with E-state index in [1.165, 1.54) is 27.6 Å². The predicted molar refractivity (Wildman–Crippen MR) is 78.4 cm³/mol. The first-order valence-electron chi connectivity index (χ1n) is 5.34. The molecule has 3 heterocycles. The van der Waals surface area contributed by atoms with Crippen molar-refractivity contribution in [3.05, 3.63) is 34.2 Å². The summed E-state index contributed by atoms with van der Waals surface area (Å²) in [5.74, 6) is -1.28. The highest BCUT2D eigenvalue weighted by Gasteiger charge is 2.30. The van der Waals surface area contributed by atoms with Crippen LogP contribution in [-0.2, 0) is 4.79 Å². The Kier molecular flexibility index (Phi) is 3.04. The average molecular weight is 311 g/mol. The normalized spacial score (nSPS) is 14.7. The third-order valence-corrected chi connectivity index (χ3v) is 5.97. The predicted octanol–water partition coefficient (Wildman–Crippen LogP) is 3.74. The fraction of sp³-hybridized carbons (Fsp3) is 0.0833. The van der Waals surface area contributed by atoms with Crippen LogP contribution in [0.1, 0.15) is 4.88 Å². The molecule has 0 atom stereocenters. The minimum Gasteiger partial charge on any atom is -0.504 e. The summed E-state index contributed by atoms with van der Waals surface area (Å²) in [6.45, 7) is 0. The molecular formula is C12H9NO3S3. The summed E-state index contributed by atoms with van der Waals surface area (Å²) in [5.41, 5.74) is -0.0721. The van der Waals surface area contributed by atoms with Gasteiger partial charge in [0.2, 0.25) is 0 Å². The van der Waals surface area contributed by atoms with E-state index in [1.807, 2.05) is 23.6 Å². The molecule has 0 spiro atoms. The van der Waals surface area contributed by atoms with E-state index in [-0.39, 0.29) is 11.5 Å². The van der Waals surface area contributed by atoms with Gasteiger partial charge >= 0.3 is 5.97 Å². The monoisotopic (exact) mass is 311 g/mol.